The fourth-order valence-electron chi connectivity index (χ4n) is 0.662. The van der Waals surface area contributed by atoms with Gasteiger partial charge in [-0.05, 0) is 22.0 Å². The molecule has 0 amide bonds. The van der Waals surface area contributed by atoms with Crippen LogP contribution in [0.4, 0.5) is 0 Å². The molecule has 0 saturated heterocycles. The summed E-state index contributed by atoms with van der Waals surface area (Å²) in [6, 6.07) is 3.62. The summed E-state index contributed by atoms with van der Waals surface area (Å²) in [6.45, 7) is 0. The molecule has 0 N–H and O–H groups in total. The van der Waals surface area contributed by atoms with E-state index in [1.165, 1.54) is 6.20 Å². The Morgan fingerprint density at radius 2 is 2.45 bits per heavy atom. The molecule has 1 aromatic rings. The molecule has 0 fully saturated rings. The van der Waals surface area contributed by atoms with Crippen molar-refractivity contribution in [3.05, 3.63) is 22.4 Å². The van der Waals surface area contributed by atoms with Crippen molar-refractivity contribution in [2.24, 2.45) is 0 Å². The van der Waals surface area contributed by atoms with E-state index in [1.807, 2.05) is 6.07 Å². The maximum absolute atomic E-state index is 8.54. The summed E-state index contributed by atoms with van der Waals surface area (Å²) in [4.78, 5) is 3.82. The molecule has 0 spiro atoms. The van der Waals surface area contributed by atoms with Crippen molar-refractivity contribution in [2.75, 3.05) is 7.11 Å². The van der Waals surface area contributed by atoms with Gasteiger partial charge in [-0.2, -0.15) is 5.26 Å². The van der Waals surface area contributed by atoms with Gasteiger partial charge in [-0.3, -0.25) is 0 Å². The van der Waals surface area contributed by atoms with E-state index in [9.17, 15) is 0 Å². The minimum absolute atomic E-state index is 0.337. The van der Waals surface area contributed by atoms with Gasteiger partial charge in [0.15, 0.2) is 5.69 Å². The predicted molar refractivity (Wildman–Crippen MR) is 43.2 cm³/mol. The SMILES string of the molecule is COc1ccnc(C#N)c1Br. The van der Waals surface area contributed by atoms with Crippen LogP contribution < -0.4 is 4.74 Å². The Morgan fingerprint density at radius 3 is 3.00 bits per heavy atom. The fourth-order valence-corrected chi connectivity index (χ4v) is 1.15. The molecule has 0 unspecified atom stereocenters. The minimum atomic E-state index is 0.337. The average Bonchev–Trinajstić information content (AvgIpc) is 2.05. The zero-order chi connectivity index (χ0) is 8.27. The molecule has 1 heterocycles. The van der Waals surface area contributed by atoms with E-state index >= 15 is 0 Å². The van der Waals surface area contributed by atoms with E-state index in [0.29, 0.717) is 15.9 Å². The minimum Gasteiger partial charge on any atom is -0.495 e. The molecule has 0 aliphatic rings. The van der Waals surface area contributed by atoms with Crippen molar-refractivity contribution in [2.45, 2.75) is 0 Å². The highest BCUT2D eigenvalue weighted by Gasteiger charge is 2.04. The molecule has 0 bridgehead atoms. The quantitative estimate of drug-likeness (QED) is 0.713. The molecule has 0 aliphatic carbocycles. The maximum Gasteiger partial charge on any atom is 0.158 e. The number of nitriles is 1. The van der Waals surface area contributed by atoms with Gasteiger partial charge in [-0.15, -0.1) is 0 Å². The lowest BCUT2D eigenvalue weighted by Crippen LogP contribution is -1.89. The van der Waals surface area contributed by atoms with Crippen LogP contribution in [-0.2, 0) is 0 Å². The summed E-state index contributed by atoms with van der Waals surface area (Å²) >= 11 is 3.19. The molecule has 1 rings (SSSR count). The van der Waals surface area contributed by atoms with Crippen LogP contribution in [0.2, 0.25) is 0 Å². The Hall–Kier alpha value is -1.08. The van der Waals surface area contributed by atoms with Crippen LogP contribution in [0, 0.1) is 11.3 Å². The average molecular weight is 213 g/mol. The number of hydrogen-bond donors (Lipinski definition) is 0. The number of ether oxygens (including phenoxy) is 1. The first-order valence-electron chi connectivity index (χ1n) is 2.88. The summed E-state index contributed by atoms with van der Waals surface area (Å²) in [6.07, 6.45) is 1.53. The monoisotopic (exact) mass is 212 g/mol. The van der Waals surface area contributed by atoms with Crippen LogP contribution in [0.5, 0.6) is 5.75 Å². The lowest BCUT2D eigenvalue weighted by Gasteiger charge is -2.01. The second kappa shape index (κ2) is 3.35. The van der Waals surface area contributed by atoms with Crippen molar-refractivity contribution in [1.82, 2.24) is 4.98 Å². The van der Waals surface area contributed by atoms with Crippen molar-refractivity contribution in [3.63, 3.8) is 0 Å². The zero-order valence-corrected chi connectivity index (χ0v) is 7.42. The van der Waals surface area contributed by atoms with E-state index in [-0.39, 0.29) is 0 Å². The van der Waals surface area contributed by atoms with Crippen molar-refractivity contribution in [1.29, 1.82) is 5.26 Å². The van der Waals surface area contributed by atoms with Gasteiger partial charge < -0.3 is 4.74 Å². The molecular weight excluding hydrogens is 208 g/mol. The Kier molecular flexibility index (Phi) is 2.44. The molecule has 56 valence electrons. The third-order valence-corrected chi connectivity index (χ3v) is 1.95. The highest BCUT2D eigenvalue weighted by atomic mass is 79.9. The van der Waals surface area contributed by atoms with E-state index < -0.39 is 0 Å². The lowest BCUT2D eigenvalue weighted by molar-refractivity contribution is 0.411. The van der Waals surface area contributed by atoms with E-state index in [4.69, 9.17) is 10.00 Å². The Balaban J connectivity index is 3.23. The predicted octanol–water partition coefficient (Wildman–Crippen LogP) is 1.72. The number of rotatable bonds is 1. The summed E-state index contributed by atoms with van der Waals surface area (Å²) in [5, 5.41) is 8.54. The second-order valence-corrected chi connectivity index (χ2v) is 2.58. The molecule has 0 radical (unpaired) electrons. The third kappa shape index (κ3) is 1.49. The number of halogens is 1. The second-order valence-electron chi connectivity index (χ2n) is 1.79. The van der Waals surface area contributed by atoms with Crippen LogP contribution in [0.1, 0.15) is 5.69 Å². The lowest BCUT2D eigenvalue weighted by atomic mass is 10.3. The van der Waals surface area contributed by atoms with Gasteiger partial charge in [-0.1, -0.05) is 0 Å². The van der Waals surface area contributed by atoms with Crippen LogP contribution in [0.15, 0.2) is 16.7 Å². The largest absolute Gasteiger partial charge is 0.495 e. The first-order chi connectivity index (χ1) is 5.29. The normalized spacial score (nSPS) is 8.82. The first kappa shape index (κ1) is 8.02. The molecule has 3 nitrogen and oxygen atoms in total. The molecule has 0 aromatic carbocycles. The summed E-state index contributed by atoms with van der Waals surface area (Å²) in [5.41, 5.74) is 0.337. The number of pyridine rings is 1. The van der Waals surface area contributed by atoms with Crippen molar-refractivity contribution in [3.8, 4) is 11.8 Å². The summed E-state index contributed by atoms with van der Waals surface area (Å²) < 4.78 is 5.55. The van der Waals surface area contributed by atoms with Gasteiger partial charge in [0.2, 0.25) is 0 Å². The topological polar surface area (TPSA) is 45.9 Å². The highest BCUT2D eigenvalue weighted by molar-refractivity contribution is 9.10. The van der Waals surface area contributed by atoms with Crippen LogP contribution in [0.25, 0.3) is 0 Å². The van der Waals surface area contributed by atoms with E-state index in [1.54, 1.807) is 13.2 Å². The van der Waals surface area contributed by atoms with Crippen LogP contribution in [0.3, 0.4) is 0 Å². The van der Waals surface area contributed by atoms with Gasteiger partial charge in [0, 0.05) is 6.20 Å². The zero-order valence-electron chi connectivity index (χ0n) is 5.84. The van der Waals surface area contributed by atoms with Gasteiger partial charge in [0.05, 0.1) is 11.6 Å². The molecule has 0 saturated carbocycles. The highest BCUT2D eigenvalue weighted by Crippen LogP contribution is 2.25. The van der Waals surface area contributed by atoms with Gasteiger partial charge in [0.1, 0.15) is 11.8 Å². The summed E-state index contributed by atoms with van der Waals surface area (Å²) in [5.74, 6) is 0.622. The third-order valence-electron chi connectivity index (χ3n) is 1.18. The maximum atomic E-state index is 8.54. The summed E-state index contributed by atoms with van der Waals surface area (Å²) in [7, 11) is 1.54. The van der Waals surface area contributed by atoms with Gasteiger partial charge >= 0.3 is 0 Å². The number of nitrogens with zero attached hydrogens (tertiary/aromatic N) is 2. The van der Waals surface area contributed by atoms with Gasteiger partial charge in [-0.25, -0.2) is 4.98 Å². The smallest absolute Gasteiger partial charge is 0.158 e. The standard InChI is InChI=1S/C7H5BrN2O/c1-11-6-2-3-10-5(4-9)7(6)8/h2-3H,1H3. The molecule has 0 atom stereocenters. The number of hydrogen-bond acceptors (Lipinski definition) is 3. The molecule has 0 aliphatic heterocycles. The Morgan fingerprint density at radius 1 is 1.73 bits per heavy atom. The van der Waals surface area contributed by atoms with Crippen LogP contribution >= 0.6 is 15.9 Å². The number of methoxy groups -OCH3 is 1. The molecule has 1 aromatic heterocycles. The molecule has 11 heavy (non-hydrogen) atoms. The van der Waals surface area contributed by atoms with Crippen molar-refractivity contribution < 1.29 is 4.74 Å². The molecule has 4 heteroatoms. The Bertz CT molecular complexity index is 306. The van der Waals surface area contributed by atoms with Crippen molar-refractivity contribution >= 4 is 15.9 Å². The molecular formula is C7H5BrN2O. The number of aromatic nitrogens is 1. The van der Waals surface area contributed by atoms with E-state index in [0.717, 1.165) is 0 Å². The fraction of sp³-hybridized carbons (Fsp3) is 0.143. The van der Waals surface area contributed by atoms with E-state index in [2.05, 4.69) is 20.9 Å². The van der Waals surface area contributed by atoms with Crippen LogP contribution in [-0.4, -0.2) is 12.1 Å². The Labute approximate surface area is 72.8 Å². The van der Waals surface area contributed by atoms with Gasteiger partial charge in [0.25, 0.3) is 0 Å². The first-order valence-corrected chi connectivity index (χ1v) is 3.67.